The molecule has 3 N–H and O–H groups in total. The lowest BCUT2D eigenvalue weighted by molar-refractivity contribution is -0.124. The van der Waals surface area contributed by atoms with Crippen LogP contribution in [-0.2, 0) is 19.1 Å². The Morgan fingerprint density at radius 2 is 2.16 bits per heavy atom. The van der Waals surface area contributed by atoms with Crippen molar-refractivity contribution in [3.05, 3.63) is 6.42 Å². The van der Waals surface area contributed by atoms with E-state index in [0.717, 1.165) is 0 Å². The molecule has 0 saturated carbocycles. The Bertz CT molecular complexity index is 370. The van der Waals surface area contributed by atoms with E-state index >= 15 is 0 Å². The van der Waals surface area contributed by atoms with E-state index in [4.69, 9.17) is 10.5 Å². The molecule has 2 unspecified atom stereocenters. The maximum Gasteiger partial charge on any atom is 0.224 e. The molecule has 1 saturated heterocycles. The predicted molar refractivity (Wildman–Crippen MR) is 68.8 cm³/mol. The van der Waals surface area contributed by atoms with Crippen LogP contribution in [0.2, 0.25) is 0 Å². The first-order valence-corrected chi connectivity index (χ1v) is 6.40. The summed E-state index contributed by atoms with van der Waals surface area (Å²) in [6.45, 7) is 5.37. The van der Waals surface area contributed by atoms with Gasteiger partial charge in [-0.2, -0.15) is 0 Å². The molecule has 0 aromatic rings. The van der Waals surface area contributed by atoms with Crippen LogP contribution in [0.15, 0.2) is 0 Å². The Morgan fingerprint density at radius 1 is 1.53 bits per heavy atom. The number of carbonyl (C=O) groups is 3. The lowest BCUT2D eigenvalue weighted by atomic mass is 9.91. The van der Waals surface area contributed by atoms with Crippen molar-refractivity contribution in [2.45, 2.75) is 39.3 Å². The van der Waals surface area contributed by atoms with Crippen molar-refractivity contribution >= 4 is 17.6 Å². The van der Waals surface area contributed by atoms with Gasteiger partial charge in [0.05, 0.1) is 6.10 Å². The quantitative estimate of drug-likeness (QED) is 0.698. The summed E-state index contributed by atoms with van der Waals surface area (Å²) in [7, 11) is 0. The fourth-order valence-electron chi connectivity index (χ4n) is 1.85. The maximum absolute atomic E-state index is 11.7. The van der Waals surface area contributed by atoms with Gasteiger partial charge in [0.2, 0.25) is 11.8 Å². The normalized spacial score (nSPS) is 25.9. The second kappa shape index (κ2) is 6.65. The van der Waals surface area contributed by atoms with Crippen molar-refractivity contribution in [1.29, 1.82) is 0 Å². The van der Waals surface area contributed by atoms with Gasteiger partial charge in [0.1, 0.15) is 12.6 Å². The molecule has 2 amide bonds. The van der Waals surface area contributed by atoms with Crippen molar-refractivity contribution in [1.82, 2.24) is 5.32 Å². The molecule has 1 heterocycles. The minimum atomic E-state index is -0.576. The summed E-state index contributed by atoms with van der Waals surface area (Å²) in [5.74, 6) is -1.13. The number of nitrogens with two attached hydrogens (primary N) is 1. The van der Waals surface area contributed by atoms with Crippen LogP contribution in [0.5, 0.6) is 0 Å². The van der Waals surface area contributed by atoms with Gasteiger partial charge in [0.15, 0.2) is 5.78 Å². The van der Waals surface area contributed by atoms with Gasteiger partial charge < -0.3 is 15.8 Å². The molecule has 0 bridgehead atoms. The summed E-state index contributed by atoms with van der Waals surface area (Å²) in [6.07, 6.45) is 1.58. The van der Waals surface area contributed by atoms with Gasteiger partial charge >= 0.3 is 0 Å². The Balaban J connectivity index is 2.36. The van der Waals surface area contributed by atoms with Crippen LogP contribution in [0.1, 0.15) is 27.2 Å². The van der Waals surface area contributed by atoms with Crippen molar-refractivity contribution in [2.75, 3.05) is 6.61 Å². The monoisotopic (exact) mass is 269 g/mol. The van der Waals surface area contributed by atoms with Crippen LogP contribution < -0.4 is 11.1 Å². The van der Waals surface area contributed by atoms with Crippen molar-refractivity contribution in [3.63, 3.8) is 0 Å². The highest BCUT2D eigenvalue weighted by Gasteiger charge is 2.33. The number of carbonyl (C=O) groups excluding carboxylic acids is 3. The number of ether oxygens (including phenoxy) is 1. The van der Waals surface area contributed by atoms with E-state index in [-0.39, 0.29) is 42.1 Å². The summed E-state index contributed by atoms with van der Waals surface area (Å²) in [6, 6.07) is -0.576. The van der Waals surface area contributed by atoms with Crippen LogP contribution in [0, 0.1) is 18.3 Å². The highest BCUT2D eigenvalue weighted by molar-refractivity contribution is 5.94. The first-order valence-electron chi connectivity index (χ1n) is 6.40. The third kappa shape index (κ3) is 4.31. The van der Waals surface area contributed by atoms with Gasteiger partial charge in [-0.3, -0.25) is 14.4 Å². The van der Waals surface area contributed by atoms with Crippen molar-refractivity contribution in [2.24, 2.45) is 17.6 Å². The second-order valence-electron chi connectivity index (χ2n) is 5.08. The number of hydrogen-bond acceptors (Lipinski definition) is 4. The molecule has 0 aromatic heterocycles. The number of ketones is 1. The first kappa shape index (κ1) is 15.6. The van der Waals surface area contributed by atoms with Gasteiger partial charge in [0, 0.05) is 12.3 Å². The fraction of sp³-hybridized carbons (Fsp3) is 0.692. The summed E-state index contributed by atoms with van der Waals surface area (Å²) in [5, 5.41) is 2.62. The Morgan fingerprint density at radius 3 is 2.63 bits per heavy atom. The van der Waals surface area contributed by atoms with Crippen LogP contribution in [-0.4, -0.2) is 36.4 Å². The molecule has 1 rings (SSSR count). The smallest absolute Gasteiger partial charge is 0.224 e. The van der Waals surface area contributed by atoms with E-state index in [1.165, 1.54) is 6.42 Å². The molecule has 0 aliphatic carbocycles. The highest BCUT2D eigenvalue weighted by Crippen LogP contribution is 2.16. The number of Topliss-reactive ketones (excluding diaryl/α,β-unsaturated/α-hetero) is 1. The third-order valence-corrected chi connectivity index (χ3v) is 3.58. The maximum atomic E-state index is 11.7. The molecule has 4 atom stereocenters. The minimum absolute atomic E-state index is 0.0174. The molecule has 0 spiro atoms. The van der Waals surface area contributed by atoms with E-state index in [2.05, 4.69) is 5.32 Å². The van der Waals surface area contributed by atoms with E-state index < -0.39 is 6.04 Å². The molecule has 6 heteroatoms. The molecule has 6 nitrogen and oxygen atoms in total. The Labute approximate surface area is 113 Å². The summed E-state index contributed by atoms with van der Waals surface area (Å²) >= 11 is 0. The summed E-state index contributed by atoms with van der Waals surface area (Å²) in [4.78, 5) is 34.1. The van der Waals surface area contributed by atoms with Crippen LogP contribution in [0.25, 0.3) is 0 Å². The van der Waals surface area contributed by atoms with Gasteiger partial charge in [-0.05, 0) is 19.3 Å². The minimum Gasteiger partial charge on any atom is -0.369 e. The van der Waals surface area contributed by atoms with Crippen molar-refractivity contribution < 1.29 is 19.1 Å². The van der Waals surface area contributed by atoms with Crippen molar-refractivity contribution in [3.8, 4) is 0 Å². The molecule has 1 aliphatic heterocycles. The van der Waals surface area contributed by atoms with E-state index in [9.17, 15) is 14.4 Å². The third-order valence-electron chi connectivity index (χ3n) is 3.58. The standard InChI is InChI=1S/C13H21N2O4/c1-7(8(2)13(14)18)4-5-11(17)15-12-9(3)19-6-10(12)16/h5,7-9,12H,4,6H2,1-3H3,(H2,14,18)(H,15,17)/t7-,8?,9-,12?/m0/s1. The Hall–Kier alpha value is -1.43. The zero-order chi connectivity index (χ0) is 14.6. The average molecular weight is 269 g/mol. The number of rotatable bonds is 6. The van der Waals surface area contributed by atoms with Gasteiger partial charge in [-0.1, -0.05) is 13.8 Å². The lowest BCUT2D eigenvalue weighted by Gasteiger charge is -2.18. The van der Waals surface area contributed by atoms with Gasteiger partial charge in [-0.25, -0.2) is 0 Å². The van der Waals surface area contributed by atoms with Gasteiger partial charge in [0.25, 0.3) is 0 Å². The molecular weight excluding hydrogens is 248 g/mol. The molecule has 19 heavy (non-hydrogen) atoms. The largest absolute Gasteiger partial charge is 0.369 e. The van der Waals surface area contributed by atoms with Gasteiger partial charge in [-0.15, -0.1) is 0 Å². The van der Waals surface area contributed by atoms with Crippen LogP contribution in [0.4, 0.5) is 0 Å². The SMILES string of the molecule is CC(C(N)=O)[C@@H](C)C[CH]C(=O)NC1C(=O)CO[C@H]1C. The molecule has 0 aromatic carbocycles. The average Bonchev–Trinajstić information content (AvgIpc) is 2.66. The first-order chi connectivity index (χ1) is 8.82. The Kier molecular flexibility index (Phi) is 5.47. The molecular formula is C13H21N2O4. The highest BCUT2D eigenvalue weighted by atomic mass is 16.5. The van der Waals surface area contributed by atoms with E-state index in [1.807, 2.05) is 6.92 Å². The number of hydrogen-bond donors (Lipinski definition) is 2. The van der Waals surface area contributed by atoms with Crippen LogP contribution in [0.3, 0.4) is 0 Å². The zero-order valence-electron chi connectivity index (χ0n) is 11.5. The molecule has 1 aliphatic rings. The zero-order valence-corrected chi connectivity index (χ0v) is 11.5. The summed E-state index contributed by atoms with van der Waals surface area (Å²) in [5.41, 5.74) is 5.20. The second-order valence-corrected chi connectivity index (χ2v) is 5.08. The van der Waals surface area contributed by atoms with Crippen LogP contribution >= 0.6 is 0 Å². The molecule has 1 radical (unpaired) electrons. The van der Waals surface area contributed by atoms with E-state index in [1.54, 1.807) is 13.8 Å². The lowest BCUT2D eigenvalue weighted by Crippen LogP contribution is -2.44. The number of amides is 2. The topological polar surface area (TPSA) is 98.5 Å². The molecule has 107 valence electrons. The summed E-state index contributed by atoms with van der Waals surface area (Å²) < 4.78 is 5.13. The van der Waals surface area contributed by atoms with E-state index in [0.29, 0.717) is 6.42 Å². The fourth-order valence-corrected chi connectivity index (χ4v) is 1.85. The number of primary amides is 1. The number of nitrogens with one attached hydrogen (secondary N) is 1. The predicted octanol–water partition coefficient (Wildman–Crippen LogP) is -0.189. The molecule has 1 fully saturated rings.